The third-order valence-corrected chi connectivity index (χ3v) is 3.86. The monoisotopic (exact) mass is 335 g/mol. The quantitative estimate of drug-likeness (QED) is 0.632. The Labute approximate surface area is 126 Å². The Morgan fingerprint density at radius 1 is 1.48 bits per heavy atom. The minimum atomic E-state index is -3.39. The Balaban J connectivity index is 2.46. The molecule has 1 aromatic heterocycles. The largest absolute Gasteiger partial charge is 0.481 e. The van der Waals surface area contributed by atoms with Crippen molar-refractivity contribution in [2.45, 2.75) is 32.2 Å². The summed E-state index contributed by atoms with van der Waals surface area (Å²) in [5, 5.41) is 13.0. The highest BCUT2D eigenvalue weighted by atomic mass is 32.2. The van der Waals surface area contributed by atoms with E-state index in [1.807, 2.05) is 0 Å². The molecular formula is C11H17N3O5S2. The van der Waals surface area contributed by atoms with Crippen LogP contribution >= 0.6 is 11.3 Å². The molecule has 1 rings (SSSR count). The predicted molar refractivity (Wildman–Crippen MR) is 78.8 cm³/mol. The molecule has 1 heterocycles. The van der Waals surface area contributed by atoms with Gasteiger partial charge in [0.1, 0.15) is 0 Å². The SMILES string of the molecule is CC(CCC(=O)O)NC(=O)Cc1csc(NS(C)(=O)=O)n1. The molecule has 10 heteroatoms. The van der Waals surface area contributed by atoms with Gasteiger partial charge in [-0.2, -0.15) is 0 Å². The number of sulfonamides is 1. The van der Waals surface area contributed by atoms with Gasteiger partial charge in [-0.1, -0.05) is 0 Å². The highest BCUT2D eigenvalue weighted by molar-refractivity contribution is 7.92. The summed E-state index contributed by atoms with van der Waals surface area (Å²) in [5.74, 6) is -1.20. The van der Waals surface area contributed by atoms with Crippen LogP contribution in [0, 0.1) is 0 Å². The molecule has 0 spiro atoms. The summed E-state index contributed by atoms with van der Waals surface area (Å²) in [6.45, 7) is 1.72. The van der Waals surface area contributed by atoms with E-state index >= 15 is 0 Å². The first kappa shape index (κ1) is 17.4. The molecule has 1 aromatic rings. The lowest BCUT2D eigenvalue weighted by Crippen LogP contribution is -2.34. The van der Waals surface area contributed by atoms with Crippen molar-refractivity contribution in [3.8, 4) is 0 Å². The van der Waals surface area contributed by atoms with Gasteiger partial charge in [0.15, 0.2) is 5.13 Å². The summed E-state index contributed by atoms with van der Waals surface area (Å²) < 4.78 is 24.3. The third kappa shape index (κ3) is 7.61. The molecule has 3 N–H and O–H groups in total. The number of carbonyl (C=O) groups is 2. The number of carboxylic acids is 1. The van der Waals surface area contributed by atoms with Crippen LogP contribution in [0.3, 0.4) is 0 Å². The number of hydrogen-bond donors (Lipinski definition) is 3. The van der Waals surface area contributed by atoms with Crippen LogP contribution in [0.1, 0.15) is 25.5 Å². The van der Waals surface area contributed by atoms with Gasteiger partial charge in [0.2, 0.25) is 15.9 Å². The van der Waals surface area contributed by atoms with E-state index in [1.54, 1.807) is 12.3 Å². The number of rotatable bonds is 8. The zero-order chi connectivity index (χ0) is 16.0. The van der Waals surface area contributed by atoms with Crippen molar-refractivity contribution in [3.63, 3.8) is 0 Å². The second kappa shape index (κ2) is 7.36. The molecule has 1 atom stereocenters. The lowest BCUT2D eigenvalue weighted by molar-refractivity contribution is -0.137. The highest BCUT2D eigenvalue weighted by Gasteiger charge is 2.13. The van der Waals surface area contributed by atoms with Gasteiger partial charge in [0.05, 0.1) is 18.4 Å². The van der Waals surface area contributed by atoms with Crippen molar-refractivity contribution in [3.05, 3.63) is 11.1 Å². The van der Waals surface area contributed by atoms with Crippen molar-refractivity contribution in [2.75, 3.05) is 11.0 Å². The average Bonchev–Trinajstić information content (AvgIpc) is 2.70. The molecule has 0 aliphatic rings. The summed E-state index contributed by atoms with van der Waals surface area (Å²) >= 11 is 1.09. The molecular weight excluding hydrogens is 318 g/mol. The number of carboxylic acid groups (broad SMARTS) is 1. The molecule has 0 radical (unpaired) electrons. The molecule has 21 heavy (non-hydrogen) atoms. The van der Waals surface area contributed by atoms with Gasteiger partial charge in [-0.25, -0.2) is 13.4 Å². The van der Waals surface area contributed by atoms with Gasteiger partial charge in [0.25, 0.3) is 0 Å². The van der Waals surface area contributed by atoms with Gasteiger partial charge in [-0.05, 0) is 13.3 Å². The Hall–Kier alpha value is -1.68. The Morgan fingerprint density at radius 3 is 2.71 bits per heavy atom. The normalized spacial score (nSPS) is 12.7. The maximum absolute atomic E-state index is 11.7. The van der Waals surface area contributed by atoms with E-state index in [4.69, 9.17) is 5.11 Å². The van der Waals surface area contributed by atoms with Crippen LogP contribution in [0.4, 0.5) is 5.13 Å². The van der Waals surface area contributed by atoms with Gasteiger partial charge >= 0.3 is 5.97 Å². The molecule has 1 unspecified atom stereocenters. The molecule has 1 amide bonds. The van der Waals surface area contributed by atoms with Gasteiger partial charge in [0, 0.05) is 17.8 Å². The van der Waals surface area contributed by atoms with Crippen LogP contribution in [0.2, 0.25) is 0 Å². The number of thiazole rings is 1. The molecule has 0 saturated heterocycles. The number of anilines is 1. The average molecular weight is 335 g/mol. The maximum atomic E-state index is 11.7. The van der Waals surface area contributed by atoms with Crippen LogP contribution in [0.5, 0.6) is 0 Å². The number of nitrogens with zero attached hydrogens (tertiary/aromatic N) is 1. The first-order chi connectivity index (χ1) is 9.65. The van der Waals surface area contributed by atoms with E-state index in [0.29, 0.717) is 12.1 Å². The predicted octanol–water partition coefficient (Wildman–Crippen LogP) is 0.427. The maximum Gasteiger partial charge on any atom is 0.303 e. The highest BCUT2D eigenvalue weighted by Crippen LogP contribution is 2.16. The van der Waals surface area contributed by atoms with Crippen LogP contribution in [-0.4, -0.2) is 42.7 Å². The summed E-state index contributed by atoms with van der Waals surface area (Å²) in [4.78, 5) is 26.1. The molecule has 0 saturated carbocycles. The van der Waals surface area contributed by atoms with Gasteiger partial charge in [-0.3, -0.25) is 14.3 Å². The minimum absolute atomic E-state index is 0.0132. The molecule has 118 valence electrons. The zero-order valence-electron chi connectivity index (χ0n) is 11.6. The van der Waals surface area contributed by atoms with E-state index in [2.05, 4.69) is 15.0 Å². The summed E-state index contributed by atoms with van der Waals surface area (Å²) in [7, 11) is -3.39. The van der Waals surface area contributed by atoms with Gasteiger partial charge < -0.3 is 10.4 Å². The number of amides is 1. The van der Waals surface area contributed by atoms with E-state index in [0.717, 1.165) is 17.6 Å². The first-order valence-electron chi connectivity index (χ1n) is 6.09. The second-order valence-corrected chi connectivity index (χ2v) is 7.20. The van der Waals surface area contributed by atoms with Crippen LogP contribution in [0.25, 0.3) is 0 Å². The number of aliphatic carboxylic acids is 1. The van der Waals surface area contributed by atoms with Crippen molar-refractivity contribution >= 4 is 38.4 Å². The molecule has 0 aromatic carbocycles. The topological polar surface area (TPSA) is 125 Å². The Kier molecular flexibility index (Phi) is 6.09. The van der Waals surface area contributed by atoms with Crippen LogP contribution < -0.4 is 10.0 Å². The lowest BCUT2D eigenvalue weighted by Gasteiger charge is -2.11. The van der Waals surface area contributed by atoms with Crippen molar-refractivity contribution in [1.82, 2.24) is 10.3 Å². The molecule has 0 fully saturated rings. The summed E-state index contributed by atoms with van der Waals surface area (Å²) in [5.41, 5.74) is 0.453. The van der Waals surface area contributed by atoms with E-state index < -0.39 is 16.0 Å². The standard InChI is InChI=1S/C11H17N3O5S2/c1-7(3-4-10(16)17)12-9(15)5-8-6-20-11(13-8)14-21(2,18)19/h6-7H,3-5H2,1-2H3,(H,12,15)(H,13,14)(H,16,17). The molecule has 8 nitrogen and oxygen atoms in total. The Morgan fingerprint density at radius 2 is 2.14 bits per heavy atom. The molecule has 0 bridgehead atoms. The second-order valence-electron chi connectivity index (χ2n) is 4.60. The smallest absolute Gasteiger partial charge is 0.303 e. The van der Waals surface area contributed by atoms with Gasteiger partial charge in [-0.15, -0.1) is 11.3 Å². The fraction of sp³-hybridized carbons (Fsp3) is 0.545. The third-order valence-electron chi connectivity index (χ3n) is 2.36. The zero-order valence-corrected chi connectivity index (χ0v) is 13.3. The van der Waals surface area contributed by atoms with Crippen LogP contribution in [-0.2, 0) is 26.0 Å². The minimum Gasteiger partial charge on any atom is -0.481 e. The Bertz CT molecular complexity index is 611. The van der Waals surface area contributed by atoms with Crippen molar-refractivity contribution in [1.29, 1.82) is 0 Å². The fourth-order valence-corrected chi connectivity index (χ4v) is 3.06. The van der Waals surface area contributed by atoms with Crippen molar-refractivity contribution < 1.29 is 23.1 Å². The van der Waals surface area contributed by atoms with Crippen LogP contribution in [0.15, 0.2) is 5.38 Å². The first-order valence-corrected chi connectivity index (χ1v) is 8.86. The lowest BCUT2D eigenvalue weighted by atomic mass is 10.2. The fourth-order valence-electron chi connectivity index (χ4n) is 1.50. The van der Waals surface area contributed by atoms with Crippen molar-refractivity contribution in [2.24, 2.45) is 0 Å². The van der Waals surface area contributed by atoms with E-state index in [9.17, 15) is 18.0 Å². The van der Waals surface area contributed by atoms with E-state index in [-0.39, 0.29) is 29.9 Å². The number of hydrogen-bond acceptors (Lipinski definition) is 6. The molecule has 0 aliphatic carbocycles. The summed E-state index contributed by atoms with van der Waals surface area (Å²) in [6, 6.07) is -0.249. The summed E-state index contributed by atoms with van der Waals surface area (Å²) in [6.07, 6.45) is 1.36. The number of carbonyl (C=O) groups excluding carboxylic acids is 1. The molecule has 0 aliphatic heterocycles. The number of nitrogens with one attached hydrogen (secondary N) is 2. The number of aromatic nitrogens is 1. The van der Waals surface area contributed by atoms with E-state index in [1.165, 1.54) is 0 Å².